The molecule has 1 fully saturated rings. The molecule has 0 radical (unpaired) electrons. The molecule has 2 atom stereocenters. The van der Waals surface area contributed by atoms with Gasteiger partial charge in [0, 0.05) is 12.6 Å². The van der Waals surface area contributed by atoms with Gasteiger partial charge in [0.2, 0.25) is 10.0 Å². The summed E-state index contributed by atoms with van der Waals surface area (Å²) in [6.45, 7) is -0.0296. The number of rotatable bonds is 7. The zero-order valence-electron chi connectivity index (χ0n) is 15.3. The molecule has 6 nitrogen and oxygen atoms in total. The van der Waals surface area contributed by atoms with E-state index in [0.717, 1.165) is 29.5 Å². The Bertz CT molecular complexity index is 1050. The maximum Gasteiger partial charge on any atom is 0.243 e. The van der Waals surface area contributed by atoms with Crippen LogP contribution in [0.4, 0.5) is 0 Å². The van der Waals surface area contributed by atoms with Crippen LogP contribution in [0.5, 0.6) is 0 Å². The van der Waals surface area contributed by atoms with Gasteiger partial charge in [0.1, 0.15) is 0 Å². The molecule has 0 amide bonds. The number of aromatic nitrogens is 1. The van der Waals surface area contributed by atoms with Crippen LogP contribution < -0.4 is 5.73 Å². The Hall–Kier alpha value is -1.84. The number of nitrogens with two attached hydrogens (primary N) is 1. The monoisotopic (exact) mass is 417 g/mol. The van der Waals surface area contributed by atoms with Gasteiger partial charge in [0.05, 0.1) is 32.8 Å². The van der Waals surface area contributed by atoms with E-state index in [-0.39, 0.29) is 17.5 Å². The topological polar surface area (TPSA) is 96.5 Å². The molecule has 0 spiro atoms. The largest absolute Gasteiger partial charge is 0.390 e. The molecule has 0 saturated heterocycles. The van der Waals surface area contributed by atoms with Crippen LogP contribution in [0, 0.1) is 0 Å². The molecule has 2 aromatic carbocycles. The number of aliphatic hydroxyl groups is 1. The number of aliphatic hydroxyl groups excluding tert-OH is 1. The summed E-state index contributed by atoms with van der Waals surface area (Å²) >= 11 is 1.47. The second-order valence-electron chi connectivity index (χ2n) is 7.15. The lowest BCUT2D eigenvalue weighted by Gasteiger charge is -2.38. The SMILES string of the molecule is N[C@@H](c1ccccc1)[C@@H](O)CN(C1CCC1)S(=O)(=O)c1ccc2scnc2c1. The van der Waals surface area contributed by atoms with E-state index in [0.29, 0.717) is 5.52 Å². The second kappa shape index (κ2) is 7.88. The lowest BCUT2D eigenvalue weighted by Crippen LogP contribution is -2.49. The van der Waals surface area contributed by atoms with Crippen LogP contribution in [0.15, 0.2) is 58.9 Å². The molecule has 1 heterocycles. The van der Waals surface area contributed by atoms with Crippen LogP contribution in [0.2, 0.25) is 0 Å². The minimum atomic E-state index is -3.76. The first-order chi connectivity index (χ1) is 13.5. The van der Waals surface area contributed by atoms with E-state index < -0.39 is 22.2 Å². The summed E-state index contributed by atoms with van der Waals surface area (Å²) in [5.74, 6) is 0. The van der Waals surface area contributed by atoms with Crippen molar-refractivity contribution in [2.75, 3.05) is 6.54 Å². The van der Waals surface area contributed by atoms with Crippen molar-refractivity contribution in [2.24, 2.45) is 5.73 Å². The van der Waals surface area contributed by atoms with Gasteiger partial charge in [-0.1, -0.05) is 36.8 Å². The first-order valence-electron chi connectivity index (χ1n) is 9.30. The van der Waals surface area contributed by atoms with Gasteiger partial charge in [-0.15, -0.1) is 11.3 Å². The summed E-state index contributed by atoms with van der Waals surface area (Å²) in [6, 6.07) is 13.5. The Labute approximate surface area is 168 Å². The Kier molecular flexibility index (Phi) is 5.48. The molecule has 8 heteroatoms. The molecule has 28 heavy (non-hydrogen) atoms. The third-order valence-corrected chi connectivity index (χ3v) is 8.08. The molecule has 0 bridgehead atoms. The number of fused-ring (bicyclic) bond motifs is 1. The predicted molar refractivity (Wildman–Crippen MR) is 111 cm³/mol. The molecule has 148 valence electrons. The average Bonchev–Trinajstić information content (AvgIpc) is 3.14. The molecular weight excluding hydrogens is 394 g/mol. The van der Waals surface area contributed by atoms with Crippen molar-refractivity contribution < 1.29 is 13.5 Å². The highest BCUT2D eigenvalue weighted by molar-refractivity contribution is 7.89. The van der Waals surface area contributed by atoms with E-state index in [2.05, 4.69) is 4.98 Å². The van der Waals surface area contributed by atoms with Crippen molar-refractivity contribution in [3.05, 3.63) is 59.6 Å². The number of benzene rings is 2. The maximum atomic E-state index is 13.4. The molecular formula is C20H23N3O3S2. The Morgan fingerprint density at radius 1 is 1.21 bits per heavy atom. The van der Waals surface area contributed by atoms with Gasteiger partial charge >= 0.3 is 0 Å². The number of sulfonamides is 1. The van der Waals surface area contributed by atoms with E-state index in [1.165, 1.54) is 15.6 Å². The minimum absolute atomic E-state index is 0.0296. The van der Waals surface area contributed by atoms with E-state index in [1.807, 2.05) is 30.3 Å². The number of hydrogen-bond donors (Lipinski definition) is 2. The summed E-state index contributed by atoms with van der Waals surface area (Å²) < 4.78 is 29.1. The van der Waals surface area contributed by atoms with Gasteiger partial charge < -0.3 is 10.8 Å². The van der Waals surface area contributed by atoms with E-state index >= 15 is 0 Å². The molecule has 1 aromatic heterocycles. The van der Waals surface area contributed by atoms with Crippen LogP contribution >= 0.6 is 11.3 Å². The molecule has 1 aliphatic rings. The highest BCUT2D eigenvalue weighted by atomic mass is 32.2. The van der Waals surface area contributed by atoms with Crippen molar-refractivity contribution in [1.29, 1.82) is 0 Å². The lowest BCUT2D eigenvalue weighted by atomic mass is 9.92. The van der Waals surface area contributed by atoms with Gasteiger partial charge in [0.15, 0.2) is 0 Å². The second-order valence-corrected chi connectivity index (χ2v) is 9.92. The highest BCUT2D eigenvalue weighted by Gasteiger charge is 2.37. The lowest BCUT2D eigenvalue weighted by molar-refractivity contribution is 0.0923. The van der Waals surface area contributed by atoms with Crippen LogP contribution in [0.25, 0.3) is 10.2 Å². The fourth-order valence-electron chi connectivity index (χ4n) is 3.45. The summed E-state index contributed by atoms with van der Waals surface area (Å²) in [6.07, 6.45) is 1.58. The van der Waals surface area contributed by atoms with E-state index in [4.69, 9.17) is 5.73 Å². The normalized spacial score (nSPS) is 17.5. The summed E-state index contributed by atoms with van der Waals surface area (Å²) in [7, 11) is -3.76. The smallest absolute Gasteiger partial charge is 0.243 e. The first kappa shape index (κ1) is 19.5. The maximum absolute atomic E-state index is 13.4. The zero-order chi connectivity index (χ0) is 19.7. The van der Waals surface area contributed by atoms with Crippen molar-refractivity contribution in [2.45, 2.75) is 42.3 Å². The van der Waals surface area contributed by atoms with Crippen LogP contribution in [0.1, 0.15) is 30.9 Å². The molecule has 1 aliphatic carbocycles. The quantitative estimate of drug-likeness (QED) is 0.616. The third kappa shape index (κ3) is 3.70. The Morgan fingerprint density at radius 2 is 1.96 bits per heavy atom. The molecule has 0 aliphatic heterocycles. The zero-order valence-corrected chi connectivity index (χ0v) is 16.9. The summed E-state index contributed by atoms with van der Waals surface area (Å²) in [5, 5.41) is 10.7. The fourth-order valence-corrected chi connectivity index (χ4v) is 5.83. The van der Waals surface area contributed by atoms with Crippen molar-refractivity contribution >= 4 is 31.6 Å². The van der Waals surface area contributed by atoms with Gasteiger partial charge in [-0.05, 0) is 36.6 Å². The number of thiazole rings is 1. The Balaban J connectivity index is 1.61. The molecule has 3 aromatic rings. The highest BCUT2D eigenvalue weighted by Crippen LogP contribution is 2.32. The summed E-state index contributed by atoms with van der Waals surface area (Å²) in [4.78, 5) is 4.43. The van der Waals surface area contributed by atoms with Gasteiger partial charge in [-0.2, -0.15) is 4.31 Å². The molecule has 1 saturated carbocycles. The molecule has 0 unspecified atom stereocenters. The molecule has 3 N–H and O–H groups in total. The van der Waals surface area contributed by atoms with Crippen LogP contribution in [-0.4, -0.2) is 41.5 Å². The van der Waals surface area contributed by atoms with Crippen LogP contribution in [0.3, 0.4) is 0 Å². The van der Waals surface area contributed by atoms with Crippen molar-refractivity contribution in [1.82, 2.24) is 9.29 Å². The van der Waals surface area contributed by atoms with Crippen LogP contribution in [-0.2, 0) is 10.0 Å². The number of hydrogen-bond acceptors (Lipinski definition) is 6. The standard InChI is InChI=1S/C20H23N3O3S2/c21-20(14-5-2-1-3-6-14)18(24)12-23(15-7-4-8-15)28(25,26)16-9-10-19-17(11-16)22-13-27-19/h1-3,5-6,9-11,13,15,18,20,24H,4,7-8,12,21H2/t18-,20-/m0/s1. The van der Waals surface area contributed by atoms with Crippen molar-refractivity contribution in [3.63, 3.8) is 0 Å². The minimum Gasteiger partial charge on any atom is -0.390 e. The third-order valence-electron chi connectivity index (χ3n) is 5.36. The van der Waals surface area contributed by atoms with Gasteiger partial charge in [-0.3, -0.25) is 0 Å². The average molecular weight is 418 g/mol. The predicted octanol–water partition coefficient (Wildman–Crippen LogP) is 2.90. The van der Waals surface area contributed by atoms with Crippen molar-refractivity contribution in [3.8, 4) is 0 Å². The Morgan fingerprint density at radius 3 is 2.64 bits per heavy atom. The van der Waals surface area contributed by atoms with E-state index in [1.54, 1.807) is 23.7 Å². The van der Waals surface area contributed by atoms with Gasteiger partial charge in [-0.25, -0.2) is 13.4 Å². The van der Waals surface area contributed by atoms with E-state index in [9.17, 15) is 13.5 Å². The summed E-state index contributed by atoms with van der Waals surface area (Å²) in [5.41, 5.74) is 9.36. The molecule has 4 rings (SSSR count). The van der Waals surface area contributed by atoms with Gasteiger partial charge in [0.25, 0.3) is 0 Å². The number of nitrogens with zero attached hydrogens (tertiary/aromatic N) is 2. The fraction of sp³-hybridized carbons (Fsp3) is 0.350. The first-order valence-corrected chi connectivity index (χ1v) is 11.6.